The first-order valence-electron chi connectivity index (χ1n) is 7.89. The van der Waals surface area contributed by atoms with Crippen molar-refractivity contribution in [3.05, 3.63) is 34.6 Å². The number of hydrogen-bond acceptors (Lipinski definition) is 1. The fourth-order valence-electron chi connectivity index (χ4n) is 3.97. The first-order valence-corrected chi connectivity index (χ1v) is 8.27. The summed E-state index contributed by atoms with van der Waals surface area (Å²) in [6, 6.07) is 5.63. The summed E-state index contributed by atoms with van der Waals surface area (Å²) in [6.45, 7) is 0.794. The normalized spacial score (nSPS) is 30.0. The van der Waals surface area contributed by atoms with Crippen LogP contribution in [0.5, 0.6) is 0 Å². The lowest BCUT2D eigenvalue weighted by molar-refractivity contribution is 0.143. The first kappa shape index (κ1) is 14.3. The van der Waals surface area contributed by atoms with Crippen molar-refractivity contribution in [2.24, 2.45) is 11.8 Å². The van der Waals surface area contributed by atoms with Gasteiger partial charge in [-0.2, -0.15) is 0 Å². The molecule has 0 radical (unpaired) electrons. The summed E-state index contributed by atoms with van der Waals surface area (Å²) in [6.07, 6.45) is 9.72. The number of benzene rings is 1. The van der Waals surface area contributed by atoms with Crippen molar-refractivity contribution in [3.8, 4) is 0 Å². The van der Waals surface area contributed by atoms with Crippen LogP contribution < -0.4 is 5.32 Å². The highest BCUT2D eigenvalue weighted by Gasteiger charge is 2.31. The minimum absolute atomic E-state index is 0.222. The Bertz CT molecular complexity index is 462. The average Bonchev–Trinajstić information content (AvgIpc) is 2.48. The molecule has 2 aliphatic carbocycles. The summed E-state index contributed by atoms with van der Waals surface area (Å²) >= 11 is 5.82. The van der Waals surface area contributed by atoms with Crippen molar-refractivity contribution in [1.82, 2.24) is 5.32 Å². The fourth-order valence-corrected chi connectivity index (χ4v) is 4.17. The Morgan fingerprint density at radius 3 is 2.70 bits per heavy atom. The Kier molecular flexibility index (Phi) is 4.62. The molecule has 0 saturated heterocycles. The van der Waals surface area contributed by atoms with Gasteiger partial charge in [-0.15, -0.1) is 0 Å². The Morgan fingerprint density at radius 1 is 1.10 bits per heavy atom. The van der Waals surface area contributed by atoms with Crippen molar-refractivity contribution in [3.63, 3.8) is 0 Å². The van der Waals surface area contributed by atoms with Gasteiger partial charge in [0.15, 0.2) is 0 Å². The van der Waals surface area contributed by atoms with Crippen molar-refractivity contribution in [2.75, 3.05) is 0 Å². The Hall–Kier alpha value is -0.600. The first-order chi connectivity index (χ1) is 9.72. The van der Waals surface area contributed by atoms with Gasteiger partial charge in [0, 0.05) is 12.6 Å². The van der Waals surface area contributed by atoms with Crippen LogP contribution in [-0.4, -0.2) is 6.04 Å². The number of fused-ring (bicyclic) bond motifs is 1. The van der Waals surface area contributed by atoms with E-state index in [2.05, 4.69) is 5.32 Å². The van der Waals surface area contributed by atoms with Crippen molar-refractivity contribution in [1.29, 1.82) is 0 Å². The highest BCUT2D eigenvalue weighted by atomic mass is 35.5. The molecule has 1 aromatic rings. The number of nitrogens with one attached hydrogen (secondary N) is 1. The molecule has 20 heavy (non-hydrogen) atoms. The number of halogens is 2. The summed E-state index contributed by atoms with van der Waals surface area (Å²) in [4.78, 5) is 0. The predicted octanol–water partition coefficient (Wildman–Crippen LogP) is 4.93. The zero-order chi connectivity index (χ0) is 13.9. The van der Waals surface area contributed by atoms with Gasteiger partial charge in [0.05, 0.1) is 5.02 Å². The van der Waals surface area contributed by atoms with Gasteiger partial charge in [-0.1, -0.05) is 43.4 Å². The zero-order valence-electron chi connectivity index (χ0n) is 11.9. The molecule has 3 atom stereocenters. The second-order valence-electron chi connectivity index (χ2n) is 6.44. The molecule has 110 valence electrons. The molecular weight excluding hydrogens is 273 g/mol. The standard InChI is InChI=1S/C17H23ClFN/c18-16-9-12(5-8-17(16)19)11-20-15-7-6-13-3-1-2-4-14(13)10-15/h5,8-9,13-15,20H,1-4,6-7,10-11H2. The van der Waals surface area contributed by atoms with Crippen LogP contribution in [0.15, 0.2) is 18.2 Å². The number of rotatable bonds is 3. The maximum atomic E-state index is 13.1. The minimum Gasteiger partial charge on any atom is -0.310 e. The smallest absolute Gasteiger partial charge is 0.141 e. The quantitative estimate of drug-likeness (QED) is 0.834. The van der Waals surface area contributed by atoms with Gasteiger partial charge in [-0.25, -0.2) is 4.39 Å². The van der Waals surface area contributed by atoms with Gasteiger partial charge < -0.3 is 5.32 Å². The van der Waals surface area contributed by atoms with Crippen LogP contribution in [0.25, 0.3) is 0 Å². The van der Waals surface area contributed by atoms with Gasteiger partial charge in [0.1, 0.15) is 5.82 Å². The van der Waals surface area contributed by atoms with Crippen LogP contribution in [0.1, 0.15) is 50.5 Å². The lowest BCUT2D eigenvalue weighted by Crippen LogP contribution is -2.38. The maximum Gasteiger partial charge on any atom is 0.141 e. The highest BCUT2D eigenvalue weighted by molar-refractivity contribution is 6.30. The van der Waals surface area contributed by atoms with Crippen LogP contribution in [0.3, 0.4) is 0 Å². The third-order valence-electron chi connectivity index (χ3n) is 5.12. The van der Waals surface area contributed by atoms with Gasteiger partial charge in [-0.05, 0) is 48.8 Å². The molecule has 0 spiro atoms. The molecule has 3 heteroatoms. The van der Waals surface area contributed by atoms with E-state index < -0.39 is 0 Å². The number of hydrogen-bond donors (Lipinski definition) is 1. The Balaban J connectivity index is 1.52. The largest absolute Gasteiger partial charge is 0.310 e. The second-order valence-corrected chi connectivity index (χ2v) is 6.85. The van der Waals surface area contributed by atoms with Crippen LogP contribution in [0.4, 0.5) is 4.39 Å². The fraction of sp³-hybridized carbons (Fsp3) is 0.647. The van der Waals surface area contributed by atoms with E-state index in [0.29, 0.717) is 6.04 Å². The van der Waals surface area contributed by atoms with Crippen molar-refractivity contribution < 1.29 is 4.39 Å². The van der Waals surface area contributed by atoms with Crippen molar-refractivity contribution in [2.45, 2.75) is 57.5 Å². The summed E-state index contributed by atoms with van der Waals surface area (Å²) < 4.78 is 13.1. The van der Waals surface area contributed by atoms with Crippen LogP contribution in [-0.2, 0) is 6.54 Å². The summed E-state index contributed by atoms with van der Waals surface area (Å²) in [5.74, 6) is 1.59. The van der Waals surface area contributed by atoms with E-state index in [1.165, 1.54) is 51.0 Å². The van der Waals surface area contributed by atoms with E-state index >= 15 is 0 Å². The topological polar surface area (TPSA) is 12.0 Å². The lowest BCUT2D eigenvalue weighted by Gasteiger charge is -2.39. The molecule has 0 amide bonds. The van der Waals surface area contributed by atoms with E-state index in [9.17, 15) is 4.39 Å². The van der Waals surface area contributed by atoms with E-state index in [4.69, 9.17) is 11.6 Å². The van der Waals surface area contributed by atoms with Crippen LogP contribution in [0, 0.1) is 17.7 Å². The second kappa shape index (κ2) is 6.44. The molecule has 2 saturated carbocycles. The summed E-state index contributed by atoms with van der Waals surface area (Å²) in [7, 11) is 0. The minimum atomic E-state index is -0.335. The van der Waals surface area contributed by atoms with Gasteiger partial charge in [0.25, 0.3) is 0 Å². The lowest BCUT2D eigenvalue weighted by atomic mass is 9.69. The summed E-state index contributed by atoms with van der Waals surface area (Å²) in [5.41, 5.74) is 1.07. The zero-order valence-corrected chi connectivity index (χ0v) is 12.6. The average molecular weight is 296 g/mol. The molecule has 3 unspecified atom stereocenters. The molecular formula is C17H23ClFN. The van der Waals surface area contributed by atoms with Gasteiger partial charge >= 0.3 is 0 Å². The molecule has 2 fully saturated rings. The van der Waals surface area contributed by atoms with E-state index in [1.807, 2.05) is 6.07 Å². The molecule has 3 rings (SSSR count). The molecule has 1 nitrogen and oxygen atoms in total. The van der Waals surface area contributed by atoms with Crippen LogP contribution in [0.2, 0.25) is 5.02 Å². The predicted molar refractivity (Wildman–Crippen MR) is 81.3 cm³/mol. The van der Waals surface area contributed by atoms with Gasteiger partial charge in [0.2, 0.25) is 0 Å². The molecule has 0 heterocycles. The van der Waals surface area contributed by atoms with Gasteiger partial charge in [-0.3, -0.25) is 0 Å². The third-order valence-corrected chi connectivity index (χ3v) is 5.41. The van der Waals surface area contributed by atoms with E-state index in [0.717, 1.165) is 23.9 Å². The molecule has 1 N–H and O–H groups in total. The highest BCUT2D eigenvalue weighted by Crippen LogP contribution is 2.40. The molecule has 1 aromatic carbocycles. The van der Waals surface area contributed by atoms with E-state index in [1.54, 1.807) is 6.07 Å². The van der Waals surface area contributed by atoms with Crippen LogP contribution >= 0.6 is 11.6 Å². The summed E-state index contributed by atoms with van der Waals surface area (Å²) in [5, 5.41) is 3.86. The van der Waals surface area contributed by atoms with E-state index in [-0.39, 0.29) is 10.8 Å². The van der Waals surface area contributed by atoms with Crippen molar-refractivity contribution >= 4 is 11.6 Å². The Morgan fingerprint density at radius 2 is 1.90 bits per heavy atom. The molecule has 0 aliphatic heterocycles. The third kappa shape index (κ3) is 3.35. The monoisotopic (exact) mass is 295 g/mol. The SMILES string of the molecule is Fc1ccc(CNC2CCC3CCCCC3C2)cc1Cl. The molecule has 0 aromatic heterocycles. The molecule has 2 aliphatic rings. The molecule has 0 bridgehead atoms. The maximum absolute atomic E-state index is 13.1. The Labute approximate surface area is 125 Å².